The molecule has 0 aliphatic rings. The van der Waals surface area contributed by atoms with Gasteiger partial charge >= 0.3 is 0 Å². The fourth-order valence-electron chi connectivity index (χ4n) is 2.03. The Kier molecular flexibility index (Phi) is 6.63. The molecule has 0 saturated carbocycles. The minimum absolute atomic E-state index is 0.443. The smallest absolute Gasteiger partial charge is 0.123 e. The molecule has 1 unspecified atom stereocenters. The highest BCUT2D eigenvalue weighted by molar-refractivity contribution is 6.30. The summed E-state index contributed by atoms with van der Waals surface area (Å²) in [4.78, 5) is 2.20. The zero-order valence-electron chi connectivity index (χ0n) is 12.5. The van der Waals surface area contributed by atoms with E-state index in [4.69, 9.17) is 16.3 Å². The predicted molar refractivity (Wildman–Crippen MR) is 82.0 cm³/mol. The van der Waals surface area contributed by atoms with Crippen LogP contribution in [0.5, 0.6) is 5.75 Å². The molecule has 0 saturated heterocycles. The van der Waals surface area contributed by atoms with Gasteiger partial charge in [0.15, 0.2) is 0 Å². The molecule has 19 heavy (non-hydrogen) atoms. The van der Waals surface area contributed by atoms with E-state index in [1.807, 2.05) is 18.2 Å². The molecule has 1 N–H and O–H groups in total. The Morgan fingerprint density at radius 1 is 1.32 bits per heavy atom. The minimum Gasteiger partial charge on any atom is -0.496 e. The van der Waals surface area contributed by atoms with E-state index in [2.05, 4.69) is 38.2 Å². The summed E-state index contributed by atoms with van der Waals surface area (Å²) in [7, 11) is 5.88. The van der Waals surface area contributed by atoms with Crippen LogP contribution in [0.25, 0.3) is 0 Å². The summed E-state index contributed by atoms with van der Waals surface area (Å²) in [5.41, 5.74) is 1.10. The van der Waals surface area contributed by atoms with Crippen molar-refractivity contribution in [3.8, 4) is 5.75 Å². The highest BCUT2D eigenvalue weighted by Crippen LogP contribution is 2.22. The van der Waals surface area contributed by atoms with Crippen LogP contribution in [0.1, 0.15) is 19.4 Å². The van der Waals surface area contributed by atoms with Gasteiger partial charge in [0.2, 0.25) is 0 Å². The van der Waals surface area contributed by atoms with Crippen LogP contribution in [-0.2, 0) is 6.54 Å². The first-order valence-electron chi connectivity index (χ1n) is 6.64. The van der Waals surface area contributed by atoms with Gasteiger partial charge in [0.05, 0.1) is 7.11 Å². The predicted octanol–water partition coefficient (Wildman–Crippen LogP) is 3.02. The molecular weight excluding hydrogens is 260 g/mol. The van der Waals surface area contributed by atoms with Crippen molar-refractivity contribution < 1.29 is 4.74 Å². The zero-order chi connectivity index (χ0) is 14.4. The van der Waals surface area contributed by atoms with E-state index in [9.17, 15) is 0 Å². The third kappa shape index (κ3) is 5.39. The number of hydrogen-bond donors (Lipinski definition) is 1. The Morgan fingerprint density at radius 2 is 2.00 bits per heavy atom. The van der Waals surface area contributed by atoms with Crippen molar-refractivity contribution in [2.24, 2.45) is 5.92 Å². The number of benzene rings is 1. The fraction of sp³-hybridized carbons (Fsp3) is 0.600. The number of hydrogen-bond acceptors (Lipinski definition) is 3. The Hall–Kier alpha value is -0.770. The second-order valence-electron chi connectivity index (χ2n) is 5.45. The summed E-state index contributed by atoms with van der Waals surface area (Å²) < 4.78 is 5.37. The molecule has 1 atom stereocenters. The third-order valence-electron chi connectivity index (χ3n) is 3.16. The Morgan fingerprint density at radius 3 is 2.53 bits per heavy atom. The standard InChI is InChI=1S/C15H25ClN2O/c1-11(2)14(10-18(3)4)17-9-12-8-13(16)6-7-15(12)19-5/h6-8,11,14,17H,9-10H2,1-5H3. The van der Waals surface area contributed by atoms with Crippen molar-refractivity contribution in [1.29, 1.82) is 0 Å². The van der Waals surface area contributed by atoms with E-state index in [0.717, 1.165) is 29.4 Å². The van der Waals surface area contributed by atoms with Crippen LogP contribution >= 0.6 is 11.6 Å². The summed E-state index contributed by atoms with van der Waals surface area (Å²) in [5.74, 6) is 1.46. The van der Waals surface area contributed by atoms with Gasteiger partial charge in [-0.3, -0.25) is 0 Å². The Balaban J connectivity index is 2.70. The van der Waals surface area contributed by atoms with E-state index in [1.165, 1.54) is 0 Å². The first-order valence-corrected chi connectivity index (χ1v) is 7.02. The van der Waals surface area contributed by atoms with Crippen LogP contribution in [0.15, 0.2) is 18.2 Å². The van der Waals surface area contributed by atoms with E-state index in [0.29, 0.717) is 12.0 Å². The van der Waals surface area contributed by atoms with E-state index in [1.54, 1.807) is 7.11 Å². The van der Waals surface area contributed by atoms with Crippen molar-refractivity contribution in [2.75, 3.05) is 27.7 Å². The van der Waals surface area contributed by atoms with Gasteiger partial charge in [-0.2, -0.15) is 0 Å². The molecule has 1 aromatic carbocycles. The lowest BCUT2D eigenvalue weighted by atomic mass is 10.0. The molecular formula is C15H25ClN2O. The average Bonchev–Trinajstić information content (AvgIpc) is 2.34. The number of nitrogens with zero attached hydrogens (tertiary/aromatic N) is 1. The zero-order valence-corrected chi connectivity index (χ0v) is 13.3. The van der Waals surface area contributed by atoms with Crippen molar-refractivity contribution in [1.82, 2.24) is 10.2 Å². The highest BCUT2D eigenvalue weighted by Gasteiger charge is 2.14. The van der Waals surface area contributed by atoms with Gasteiger partial charge in [-0.15, -0.1) is 0 Å². The summed E-state index contributed by atoms with van der Waals surface area (Å²) in [6, 6.07) is 6.17. The minimum atomic E-state index is 0.443. The molecule has 0 aliphatic heterocycles. The summed E-state index contributed by atoms with van der Waals surface area (Å²) in [6.45, 7) is 6.24. The molecule has 3 nitrogen and oxygen atoms in total. The van der Waals surface area contributed by atoms with Gasteiger partial charge in [0, 0.05) is 29.7 Å². The van der Waals surface area contributed by atoms with Gasteiger partial charge < -0.3 is 15.0 Å². The highest BCUT2D eigenvalue weighted by atomic mass is 35.5. The maximum absolute atomic E-state index is 6.04. The molecule has 1 aromatic rings. The summed E-state index contributed by atoms with van der Waals surface area (Å²) in [6.07, 6.45) is 0. The second-order valence-corrected chi connectivity index (χ2v) is 5.89. The first kappa shape index (κ1) is 16.3. The van der Waals surface area contributed by atoms with Gasteiger partial charge in [-0.1, -0.05) is 25.4 Å². The SMILES string of the molecule is COc1ccc(Cl)cc1CNC(CN(C)C)C(C)C. The van der Waals surface area contributed by atoms with Crippen LogP contribution in [0.4, 0.5) is 0 Å². The quantitative estimate of drug-likeness (QED) is 0.833. The van der Waals surface area contributed by atoms with E-state index in [-0.39, 0.29) is 0 Å². The van der Waals surface area contributed by atoms with Gasteiger partial charge in [-0.25, -0.2) is 0 Å². The van der Waals surface area contributed by atoms with Crippen molar-refractivity contribution in [3.05, 3.63) is 28.8 Å². The van der Waals surface area contributed by atoms with Crippen LogP contribution < -0.4 is 10.1 Å². The topological polar surface area (TPSA) is 24.5 Å². The normalized spacial score (nSPS) is 13.1. The lowest BCUT2D eigenvalue weighted by Gasteiger charge is -2.26. The maximum atomic E-state index is 6.04. The monoisotopic (exact) mass is 284 g/mol. The lowest BCUT2D eigenvalue weighted by molar-refractivity contribution is 0.287. The van der Waals surface area contributed by atoms with Gasteiger partial charge in [-0.05, 0) is 38.2 Å². The number of methoxy groups -OCH3 is 1. The van der Waals surface area contributed by atoms with Crippen LogP contribution in [0.2, 0.25) is 5.02 Å². The lowest BCUT2D eigenvalue weighted by Crippen LogP contribution is -2.41. The molecule has 0 aromatic heterocycles. The van der Waals surface area contributed by atoms with Crippen molar-refractivity contribution >= 4 is 11.6 Å². The van der Waals surface area contributed by atoms with Crippen molar-refractivity contribution in [2.45, 2.75) is 26.4 Å². The van der Waals surface area contributed by atoms with Crippen LogP contribution in [-0.4, -0.2) is 38.7 Å². The molecule has 0 fully saturated rings. The number of ether oxygens (including phenoxy) is 1. The van der Waals surface area contributed by atoms with Crippen molar-refractivity contribution in [3.63, 3.8) is 0 Å². The number of halogens is 1. The van der Waals surface area contributed by atoms with Gasteiger partial charge in [0.1, 0.15) is 5.75 Å². The fourth-order valence-corrected chi connectivity index (χ4v) is 2.23. The largest absolute Gasteiger partial charge is 0.496 e. The molecule has 0 heterocycles. The average molecular weight is 285 g/mol. The van der Waals surface area contributed by atoms with Crippen LogP contribution in [0.3, 0.4) is 0 Å². The Labute approximate surface area is 121 Å². The Bertz CT molecular complexity index is 394. The van der Waals surface area contributed by atoms with E-state index < -0.39 is 0 Å². The molecule has 0 radical (unpaired) electrons. The third-order valence-corrected chi connectivity index (χ3v) is 3.40. The molecule has 0 aliphatic carbocycles. The molecule has 0 spiro atoms. The summed E-state index contributed by atoms with van der Waals surface area (Å²) in [5, 5.41) is 4.33. The molecule has 0 bridgehead atoms. The maximum Gasteiger partial charge on any atom is 0.123 e. The first-order chi connectivity index (χ1) is 8.93. The second kappa shape index (κ2) is 7.73. The van der Waals surface area contributed by atoms with Crippen LogP contribution in [0, 0.1) is 5.92 Å². The number of likely N-dealkylation sites (N-methyl/N-ethyl adjacent to an activating group) is 1. The number of rotatable bonds is 7. The van der Waals surface area contributed by atoms with Gasteiger partial charge in [0.25, 0.3) is 0 Å². The summed E-state index contributed by atoms with van der Waals surface area (Å²) >= 11 is 6.04. The van der Waals surface area contributed by atoms with E-state index >= 15 is 0 Å². The molecule has 1 rings (SSSR count). The molecule has 0 amide bonds. The molecule has 108 valence electrons. The molecule has 4 heteroatoms. The number of nitrogens with one attached hydrogen (secondary N) is 1.